The van der Waals surface area contributed by atoms with Gasteiger partial charge in [-0.2, -0.15) is 0 Å². The van der Waals surface area contributed by atoms with Gasteiger partial charge in [0.1, 0.15) is 9.88 Å². The van der Waals surface area contributed by atoms with Gasteiger partial charge in [0.2, 0.25) is 5.91 Å². The number of hydrogen-bond donors (Lipinski definition) is 0. The highest BCUT2D eigenvalue weighted by Crippen LogP contribution is 2.36. The predicted octanol–water partition coefficient (Wildman–Crippen LogP) is 1.48. The number of carbonyl (C=O) groups excluding carboxylic acids is 1. The van der Waals surface area contributed by atoms with Gasteiger partial charge in [-0.05, 0) is 6.08 Å². The molecule has 24 heavy (non-hydrogen) atoms. The predicted molar refractivity (Wildman–Crippen MR) is 94.4 cm³/mol. The highest BCUT2D eigenvalue weighted by atomic mass is 32.1. The molecule has 1 amide bonds. The first kappa shape index (κ1) is 18.4. The zero-order chi connectivity index (χ0) is 17.7. The number of morpholine rings is 1. The van der Waals surface area contributed by atoms with Crippen LogP contribution in [0.4, 0.5) is 10.7 Å². The number of carbonyl (C=O) groups is 1. The molecule has 132 valence electrons. The molecule has 0 N–H and O–H groups in total. The molecular weight excluding hydrogens is 332 g/mol. The van der Waals surface area contributed by atoms with E-state index in [-0.39, 0.29) is 18.1 Å². The summed E-state index contributed by atoms with van der Waals surface area (Å²) >= 11 is 1.24. The summed E-state index contributed by atoms with van der Waals surface area (Å²) in [6.45, 7) is 2.98. The molecule has 0 aliphatic carbocycles. The lowest BCUT2D eigenvalue weighted by Crippen LogP contribution is -2.43. The van der Waals surface area contributed by atoms with Gasteiger partial charge in [-0.1, -0.05) is 0 Å². The van der Waals surface area contributed by atoms with Crippen molar-refractivity contribution >= 4 is 34.0 Å². The molecule has 1 fully saturated rings. The molecule has 8 nitrogen and oxygen atoms in total. The van der Waals surface area contributed by atoms with Crippen molar-refractivity contribution in [1.82, 2.24) is 9.80 Å². The Labute approximate surface area is 145 Å². The number of likely N-dealkylation sites (N-methyl/N-ethyl adjacent to an activating group) is 1. The Balaban J connectivity index is 2.13. The average Bonchev–Trinajstić information content (AvgIpc) is 2.97. The Kier molecular flexibility index (Phi) is 6.29. The van der Waals surface area contributed by atoms with Gasteiger partial charge in [0.05, 0.1) is 30.7 Å². The van der Waals surface area contributed by atoms with Crippen molar-refractivity contribution in [1.29, 1.82) is 0 Å². The summed E-state index contributed by atoms with van der Waals surface area (Å²) in [5.74, 6) is -0.0869. The van der Waals surface area contributed by atoms with E-state index in [0.717, 1.165) is 13.1 Å². The third-order valence-electron chi connectivity index (χ3n) is 3.62. The maximum atomic E-state index is 12.4. The van der Waals surface area contributed by atoms with Crippen molar-refractivity contribution in [2.75, 3.05) is 58.9 Å². The number of thiophene rings is 1. The van der Waals surface area contributed by atoms with Crippen LogP contribution in [0.2, 0.25) is 0 Å². The third-order valence-corrected chi connectivity index (χ3v) is 4.78. The second kappa shape index (κ2) is 8.22. The summed E-state index contributed by atoms with van der Waals surface area (Å²) in [7, 11) is 5.33. The highest BCUT2D eigenvalue weighted by molar-refractivity contribution is 7.17. The summed E-state index contributed by atoms with van der Waals surface area (Å²) in [6, 6.07) is 1.46. The van der Waals surface area contributed by atoms with Crippen molar-refractivity contribution in [3.8, 4) is 0 Å². The minimum atomic E-state index is -0.421. The van der Waals surface area contributed by atoms with Crippen LogP contribution in [0.1, 0.15) is 4.88 Å². The van der Waals surface area contributed by atoms with Crippen molar-refractivity contribution in [3.05, 3.63) is 27.3 Å². The van der Waals surface area contributed by atoms with Crippen LogP contribution in [0.25, 0.3) is 6.08 Å². The van der Waals surface area contributed by atoms with Gasteiger partial charge in [-0.25, -0.2) is 0 Å². The quantitative estimate of drug-likeness (QED) is 0.569. The smallest absolute Gasteiger partial charge is 0.289 e. The van der Waals surface area contributed by atoms with Crippen LogP contribution < -0.4 is 4.90 Å². The van der Waals surface area contributed by atoms with E-state index in [2.05, 4.69) is 0 Å². The van der Waals surface area contributed by atoms with Crippen LogP contribution in [0.3, 0.4) is 0 Å². The zero-order valence-electron chi connectivity index (χ0n) is 14.1. The maximum absolute atomic E-state index is 12.4. The number of nitro groups is 1. The largest absolute Gasteiger partial charge is 0.383 e. The van der Waals surface area contributed by atoms with Crippen LogP contribution in [-0.2, 0) is 9.53 Å². The standard InChI is InChI=1S/C15H22N4O4S/c1-16(2)5-4-13-12(19(21)22)10-15(24-13)17(3)14(20)11-18-6-8-23-9-7-18/h4-5,10H,6-9,11H2,1-3H3/b5-4+. The summed E-state index contributed by atoms with van der Waals surface area (Å²) in [4.78, 5) is 29.1. The van der Waals surface area contributed by atoms with E-state index in [4.69, 9.17) is 4.74 Å². The summed E-state index contributed by atoms with van der Waals surface area (Å²) in [5.41, 5.74) is 0.0131. The topological polar surface area (TPSA) is 79.2 Å². The molecule has 2 rings (SSSR count). The SMILES string of the molecule is CN(C)/C=C/c1sc(N(C)C(=O)CN2CCOCC2)cc1[N+](=O)[O-]. The number of rotatable bonds is 6. The molecule has 0 saturated carbocycles. The molecule has 0 atom stereocenters. The molecule has 9 heteroatoms. The molecule has 0 unspecified atom stereocenters. The number of anilines is 1. The Hall–Kier alpha value is -1.97. The van der Waals surface area contributed by atoms with Gasteiger partial charge in [-0.3, -0.25) is 19.8 Å². The number of nitrogens with zero attached hydrogens (tertiary/aromatic N) is 4. The molecule has 0 spiro atoms. The summed E-state index contributed by atoms with van der Waals surface area (Å²) in [5, 5.41) is 11.8. The number of amides is 1. The lowest BCUT2D eigenvalue weighted by Gasteiger charge is -2.27. The zero-order valence-corrected chi connectivity index (χ0v) is 14.9. The van der Waals surface area contributed by atoms with Crippen LogP contribution >= 0.6 is 11.3 Å². The third kappa shape index (κ3) is 4.76. The molecular formula is C15H22N4O4S. The first-order valence-corrected chi connectivity index (χ1v) is 8.39. The lowest BCUT2D eigenvalue weighted by atomic mass is 10.3. The van der Waals surface area contributed by atoms with Crippen molar-refractivity contribution in [2.45, 2.75) is 0 Å². The first-order chi connectivity index (χ1) is 11.4. The number of ether oxygens (including phenoxy) is 1. The number of hydrogen-bond acceptors (Lipinski definition) is 7. The Morgan fingerprint density at radius 1 is 1.42 bits per heavy atom. The molecule has 1 aliphatic rings. The van der Waals surface area contributed by atoms with E-state index >= 15 is 0 Å². The van der Waals surface area contributed by atoms with Crippen molar-refractivity contribution in [2.24, 2.45) is 0 Å². The van der Waals surface area contributed by atoms with Crippen molar-refractivity contribution < 1.29 is 14.5 Å². The fraction of sp³-hybridized carbons (Fsp3) is 0.533. The summed E-state index contributed by atoms with van der Waals surface area (Å²) < 4.78 is 5.27. The van der Waals surface area contributed by atoms with Gasteiger partial charge in [-0.15, -0.1) is 11.3 Å². The fourth-order valence-corrected chi connectivity index (χ4v) is 3.21. The first-order valence-electron chi connectivity index (χ1n) is 7.58. The van der Waals surface area contributed by atoms with Gasteiger partial charge in [0.15, 0.2) is 0 Å². The normalized spacial score (nSPS) is 15.6. The van der Waals surface area contributed by atoms with E-state index in [1.807, 2.05) is 19.0 Å². The minimum Gasteiger partial charge on any atom is -0.383 e. The van der Waals surface area contributed by atoms with E-state index in [1.54, 1.807) is 24.2 Å². The lowest BCUT2D eigenvalue weighted by molar-refractivity contribution is -0.384. The van der Waals surface area contributed by atoms with Gasteiger partial charge >= 0.3 is 0 Å². The van der Waals surface area contributed by atoms with Crippen molar-refractivity contribution in [3.63, 3.8) is 0 Å². The van der Waals surface area contributed by atoms with E-state index in [9.17, 15) is 14.9 Å². The fourth-order valence-electron chi connectivity index (χ4n) is 2.21. The molecule has 0 bridgehead atoms. The second-order valence-electron chi connectivity index (χ2n) is 5.71. The molecule has 0 aromatic carbocycles. The van der Waals surface area contributed by atoms with Gasteiger partial charge in [0, 0.05) is 40.4 Å². The monoisotopic (exact) mass is 354 g/mol. The molecule has 2 heterocycles. The van der Waals surface area contributed by atoms with E-state index in [0.29, 0.717) is 23.1 Å². The van der Waals surface area contributed by atoms with E-state index < -0.39 is 4.92 Å². The van der Waals surface area contributed by atoms with Gasteiger partial charge < -0.3 is 14.5 Å². The maximum Gasteiger partial charge on any atom is 0.289 e. The Bertz CT molecular complexity index is 623. The van der Waals surface area contributed by atoms with E-state index in [1.165, 1.54) is 22.3 Å². The molecule has 1 aromatic heterocycles. The molecule has 1 aliphatic heterocycles. The second-order valence-corrected chi connectivity index (χ2v) is 6.77. The Morgan fingerprint density at radius 2 is 2.08 bits per heavy atom. The minimum absolute atomic E-state index is 0.0131. The summed E-state index contributed by atoms with van der Waals surface area (Å²) in [6.07, 6.45) is 3.44. The van der Waals surface area contributed by atoms with Crippen LogP contribution in [0, 0.1) is 10.1 Å². The molecule has 0 radical (unpaired) electrons. The highest BCUT2D eigenvalue weighted by Gasteiger charge is 2.23. The molecule has 1 saturated heterocycles. The van der Waals surface area contributed by atoms with Crippen LogP contribution in [0.15, 0.2) is 12.3 Å². The van der Waals surface area contributed by atoms with Crippen LogP contribution in [0.5, 0.6) is 0 Å². The molecule has 1 aromatic rings. The Morgan fingerprint density at radius 3 is 2.67 bits per heavy atom. The van der Waals surface area contributed by atoms with Crippen LogP contribution in [-0.4, -0.2) is 74.6 Å². The average molecular weight is 354 g/mol. The van der Waals surface area contributed by atoms with Gasteiger partial charge in [0.25, 0.3) is 5.69 Å².